The summed E-state index contributed by atoms with van der Waals surface area (Å²) < 4.78 is 6.56. The fourth-order valence-corrected chi connectivity index (χ4v) is 3.48. The quantitative estimate of drug-likeness (QED) is 0.880. The molecule has 1 unspecified atom stereocenters. The van der Waals surface area contributed by atoms with Crippen molar-refractivity contribution in [3.05, 3.63) is 20.3 Å². The molecule has 4 nitrogen and oxygen atoms in total. The van der Waals surface area contributed by atoms with Gasteiger partial charge in [0.25, 0.3) is 0 Å². The molecule has 0 aromatic carbocycles. The second-order valence-electron chi connectivity index (χ2n) is 3.22. The van der Waals surface area contributed by atoms with Crippen molar-refractivity contribution in [3.63, 3.8) is 0 Å². The van der Waals surface area contributed by atoms with E-state index < -0.39 is 6.09 Å². The summed E-state index contributed by atoms with van der Waals surface area (Å²) in [7, 11) is 0. The van der Waals surface area contributed by atoms with Gasteiger partial charge in [0.2, 0.25) is 0 Å². The third-order valence-corrected chi connectivity index (χ3v) is 4.29. The second kappa shape index (κ2) is 4.51. The summed E-state index contributed by atoms with van der Waals surface area (Å²) in [5, 5.41) is 12.9. The Morgan fingerprint density at radius 1 is 1.80 bits per heavy atom. The molecule has 1 atom stereocenters. The van der Waals surface area contributed by atoms with Crippen LogP contribution in [0.5, 0.6) is 0 Å². The van der Waals surface area contributed by atoms with E-state index in [1.165, 1.54) is 4.88 Å². The van der Waals surface area contributed by atoms with Gasteiger partial charge in [0.1, 0.15) is 6.10 Å². The van der Waals surface area contributed by atoms with E-state index in [2.05, 4.69) is 21.2 Å². The summed E-state index contributed by atoms with van der Waals surface area (Å²) in [5.74, 6) is 0. The standard InChI is InChI=1S/C9H10BrNO3S/c10-5-4-15-7-1-2-14-6(8(5)7)3-11-9(12)13/h4,6,11H,1-3H2,(H,12,13). The molecular weight excluding hydrogens is 282 g/mol. The molecule has 1 aromatic heterocycles. The van der Waals surface area contributed by atoms with Gasteiger partial charge in [0.15, 0.2) is 0 Å². The maximum absolute atomic E-state index is 10.4. The highest BCUT2D eigenvalue weighted by molar-refractivity contribution is 9.10. The highest BCUT2D eigenvalue weighted by Gasteiger charge is 2.25. The van der Waals surface area contributed by atoms with Gasteiger partial charge in [0.05, 0.1) is 13.2 Å². The first-order chi connectivity index (χ1) is 7.18. The number of rotatable bonds is 2. The van der Waals surface area contributed by atoms with E-state index in [0.717, 1.165) is 16.5 Å². The number of hydrogen-bond donors (Lipinski definition) is 2. The Morgan fingerprint density at radius 2 is 2.60 bits per heavy atom. The summed E-state index contributed by atoms with van der Waals surface area (Å²) in [6.45, 7) is 0.962. The van der Waals surface area contributed by atoms with E-state index in [0.29, 0.717) is 13.2 Å². The monoisotopic (exact) mass is 291 g/mol. The molecule has 15 heavy (non-hydrogen) atoms. The normalized spacial score (nSPS) is 19.7. The number of ether oxygens (including phenoxy) is 1. The third-order valence-electron chi connectivity index (χ3n) is 2.27. The van der Waals surface area contributed by atoms with Gasteiger partial charge in [-0.2, -0.15) is 0 Å². The highest BCUT2D eigenvalue weighted by Crippen LogP contribution is 2.37. The Balaban J connectivity index is 2.14. The van der Waals surface area contributed by atoms with Gasteiger partial charge in [-0.3, -0.25) is 0 Å². The van der Waals surface area contributed by atoms with Gasteiger partial charge >= 0.3 is 6.09 Å². The topological polar surface area (TPSA) is 58.6 Å². The molecule has 2 rings (SSSR count). The first kappa shape index (κ1) is 10.9. The molecule has 1 aromatic rings. The van der Waals surface area contributed by atoms with Gasteiger partial charge in [-0.15, -0.1) is 11.3 Å². The molecule has 1 aliphatic rings. The zero-order valence-electron chi connectivity index (χ0n) is 7.83. The minimum absolute atomic E-state index is 0.162. The number of amides is 1. The largest absolute Gasteiger partial charge is 0.465 e. The first-order valence-corrected chi connectivity index (χ1v) is 6.20. The van der Waals surface area contributed by atoms with Crippen LogP contribution in [-0.4, -0.2) is 24.4 Å². The van der Waals surface area contributed by atoms with Gasteiger partial charge in [-0.25, -0.2) is 4.79 Å². The van der Waals surface area contributed by atoms with Crippen molar-refractivity contribution in [1.82, 2.24) is 5.32 Å². The lowest BCUT2D eigenvalue weighted by molar-refractivity contribution is 0.0434. The summed E-state index contributed by atoms with van der Waals surface area (Å²) >= 11 is 5.14. The smallest absolute Gasteiger partial charge is 0.404 e. The Kier molecular flexibility index (Phi) is 3.28. The van der Waals surface area contributed by atoms with Crippen LogP contribution in [0.1, 0.15) is 16.5 Å². The van der Waals surface area contributed by atoms with Gasteiger partial charge in [-0.05, 0) is 15.9 Å². The van der Waals surface area contributed by atoms with Gasteiger partial charge in [-0.1, -0.05) is 0 Å². The van der Waals surface area contributed by atoms with E-state index in [-0.39, 0.29) is 6.10 Å². The summed E-state index contributed by atoms with van der Waals surface area (Å²) in [6, 6.07) is 0. The van der Waals surface area contributed by atoms with Crippen LogP contribution in [0.25, 0.3) is 0 Å². The molecule has 82 valence electrons. The van der Waals surface area contributed by atoms with Crippen LogP contribution in [0.3, 0.4) is 0 Å². The number of fused-ring (bicyclic) bond motifs is 1. The lowest BCUT2D eigenvalue weighted by atomic mass is 10.1. The zero-order chi connectivity index (χ0) is 10.8. The van der Waals surface area contributed by atoms with E-state index in [1.54, 1.807) is 11.3 Å². The molecule has 0 aliphatic carbocycles. The maximum Gasteiger partial charge on any atom is 0.404 e. The van der Waals surface area contributed by atoms with Crippen molar-refractivity contribution in [2.45, 2.75) is 12.5 Å². The zero-order valence-corrected chi connectivity index (χ0v) is 10.2. The second-order valence-corrected chi connectivity index (χ2v) is 5.03. The van der Waals surface area contributed by atoms with Gasteiger partial charge < -0.3 is 15.2 Å². The molecule has 0 radical (unpaired) electrons. The summed E-state index contributed by atoms with van der Waals surface area (Å²) in [5.41, 5.74) is 1.10. The lowest BCUT2D eigenvalue weighted by Gasteiger charge is -2.23. The lowest BCUT2D eigenvalue weighted by Crippen LogP contribution is -2.30. The Hall–Kier alpha value is -0.590. The molecule has 0 saturated carbocycles. The molecule has 1 amide bonds. The van der Waals surface area contributed by atoms with Crippen LogP contribution in [0.2, 0.25) is 0 Å². The highest BCUT2D eigenvalue weighted by atomic mass is 79.9. The average Bonchev–Trinajstić information content (AvgIpc) is 2.58. The van der Waals surface area contributed by atoms with Crippen molar-refractivity contribution >= 4 is 33.4 Å². The number of carbonyl (C=O) groups is 1. The molecule has 2 N–H and O–H groups in total. The van der Waals surface area contributed by atoms with Crippen molar-refractivity contribution in [1.29, 1.82) is 0 Å². The molecular formula is C9H10BrNO3S. The van der Waals surface area contributed by atoms with Crippen LogP contribution in [0.4, 0.5) is 4.79 Å². The van der Waals surface area contributed by atoms with E-state index >= 15 is 0 Å². The Labute approximate surface area is 99.4 Å². The fraction of sp³-hybridized carbons (Fsp3) is 0.444. The van der Waals surface area contributed by atoms with E-state index in [1.807, 2.05) is 5.38 Å². The maximum atomic E-state index is 10.4. The molecule has 0 spiro atoms. The average molecular weight is 292 g/mol. The van der Waals surface area contributed by atoms with E-state index in [9.17, 15) is 4.79 Å². The number of carboxylic acid groups (broad SMARTS) is 1. The number of hydrogen-bond acceptors (Lipinski definition) is 3. The third kappa shape index (κ3) is 2.32. The fourth-order valence-electron chi connectivity index (χ4n) is 1.63. The van der Waals surface area contributed by atoms with Gasteiger partial charge in [0, 0.05) is 26.7 Å². The van der Waals surface area contributed by atoms with Crippen LogP contribution < -0.4 is 5.32 Å². The van der Waals surface area contributed by atoms with Crippen LogP contribution >= 0.6 is 27.3 Å². The predicted molar refractivity (Wildman–Crippen MR) is 60.4 cm³/mol. The minimum Gasteiger partial charge on any atom is -0.465 e. The summed E-state index contributed by atoms with van der Waals surface area (Å²) in [4.78, 5) is 11.7. The molecule has 0 fully saturated rings. The number of thiophene rings is 1. The van der Waals surface area contributed by atoms with Crippen molar-refractivity contribution < 1.29 is 14.6 Å². The Bertz CT molecular complexity index is 379. The van der Waals surface area contributed by atoms with Crippen LogP contribution in [-0.2, 0) is 11.2 Å². The predicted octanol–water partition coefficient (Wildman–Crippen LogP) is 2.39. The Morgan fingerprint density at radius 3 is 3.33 bits per heavy atom. The molecule has 2 heterocycles. The van der Waals surface area contributed by atoms with Crippen molar-refractivity contribution in [2.75, 3.05) is 13.2 Å². The summed E-state index contributed by atoms with van der Waals surface area (Å²) in [6.07, 6.45) is -0.266. The molecule has 6 heteroatoms. The van der Waals surface area contributed by atoms with Crippen LogP contribution in [0, 0.1) is 0 Å². The number of nitrogens with one attached hydrogen (secondary N) is 1. The molecule has 1 aliphatic heterocycles. The minimum atomic E-state index is -1.02. The molecule has 0 bridgehead atoms. The van der Waals surface area contributed by atoms with Crippen LogP contribution in [0.15, 0.2) is 9.85 Å². The number of halogens is 1. The molecule has 0 saturated heterocycles. The van der Waals surface area contributed by atoms with Crippen molar-refractivity contribution in [2.24, 2.45) is 0 Å². The first-order valence-electron chi connectivity index (χ1n) is 4.52. The SMILES string of the molecule is O=C(O)NCC1OCCc2scc(Br)c21. The van der Waals surface area contributed by atoms with Crippen molar-refractivity contribution in [3.8, 4) is 0 Å². The van der Waals surface area contributed by atoms with E-state index in [4.69, 9.17) is 9.84 Å².